The Hall–Kier alpha value is -2.22. The van der Waals surface area contributed by atoms with Crippen molar-refractivity contribution in [3.8, 4) is 0 Å². The van der Waals surface area contributed by atoms with E-state index in [0.717, 1.165) is 30.5 Å². The largest absolute Gasteiger partial charge is 0.445 e. The summed E-state index contributed by atoms with van der Waals surface area (Å²) in [6, 6.07) is 11.0. The minimum absolute atomic E-state index is 0.100. The summed E-state index contributed by atoms with van der Waals surface area (Å²) in [5.74, 6) is 0.474. The lowest BCUT2D eigenvalue weighted by molar-refractivity contribution is -0.137. The van der Waals surface area contributed by atoms with Crippen LogP contribution in [0.1, 0.15) is 42.0 Å². The van der Waals surface area contributed by atoms with Crippen molar-refractivity contribution in [2.75, 3.05) is 5.32 Å². The third kappa shape index (κ3) is 4.69. The maximum atomic E-state index is 13.3. The summed E-state index contributed by atoms with van der Waals surface area (Å²) in [6.07, 6.45) is -2.43. The number of rotatable bonds is 4. The zero-order valence-corrected chi connectivity index (χ0v) is 17.0. The Morgan fingerprint density at radius 1 is 1.21 bits per heavy atom. The third-order valence-electron chi connectivity index (χ3n) is 5.34. The van der Waals surface area contributed by atoms with Gasteiger partial charge in [0.25, 0.3) is 0 Å². The van der Waals surface area contributed by atoms with Crippen molar-refractivity contribution in [2.45, 2.75) is 44.1 Å². The van der Waals surface area contributed by atoms with Crippen LogP contribution < -0.4 is 10.6 Å². The van der Waals surface area contributed by atoms with Gasteiger partial charge in [0, 0.05) is 10.5 Å². The maximum Gasteiger partial charge on any atom is 0.416 e. The Morgan fingerprint density at radius 3 is 2.59 bits per heavy atom. The molecule has 154 valence electrons. The van der Waals surface area contributed by atoms with E-state index in [1.165, 1.54) is 0 Å². The molecule has 1 aliphatic heterocycles. The molecule has 0 radical (unpaired) electrons. The second-order valence-corrected chi connectivity index (χ2v) is 8.36. The van der Waals surface area contributed by atoms with E-state index < -0.39 is 23.9 Å². The number of alkyl halides is 3. The molecule has 0 spiro atoms. The molecule has 2 N–H and O–H groups in total. The third-order valence-corrected chi connectivity index (χ3v) is 5.96. The predicted octanol–water partition coefficient (Wildman–Crippen LogP) is 6.03. The molecule has 2 aliphatic rings. The number of hydrogen-bond acceptors (Lipinski definition) is 3. The van der Waals surface area contributed by atoms with Gasteiger partial charge in [-0.15, -0.1) is 0 Å². The highest BCUT2D eigenvalue weighted by Crippen LogP contribution is 2.46. The summed E-state index contributed by atoms with van der Waals surface area (Å²) in [5.41, 5.74) is 1.11. The van der Waals surface area contributed by atoms with Crippen LogP contribution in [0.15, 0.2) is 46.9 Å². The van der Waals surface area contributed by atoms with Crippen LogP contribution in [0.25, 0.3) is 0 Å². The average Bonchev–Trinajstić information content (AvgIpc) is 3.52. The Bertz CT molecular complexity index is 901. The summed E-state index contributed by atoms with van der Waals surface area (Å²) < 4.78 is 45.5. The second-order valence-electron chi connectivity index (χ2n) is 7.50. The molecule has 0 saturated heterocycles. The molecule has 8 heteroatoms. The van der Waals surface area contributed by atoms with E-state index in [1.807, 2.05) is 30.3 Å². The van der Waals surface area contributed by atoms with Crippen molar-refractivity contribution in [3.05, 3.63) is 63.6 Å². The highest BCUT2D eigenvalue weighted by atomic mass is 79.9. The Balaban J connectivity index is 1.55. The SMILES string of the molecule is O=C(N[C@H]1C[C@@H](C2CC2)Nc2c(Br)cc(C(F)(F)F)cc21)OCc1ccccc1. The first-order valence-electron chi connectivity index (χ1n) is 9.45. The fourth-order valence-electron chi connectivity index (χ4n) is 3.70. The van der Waals surface area contributed by atoms with Gasteiger partial charge in [0.1, 0.15) is 6.61 Å². The first kappa shape index (κ1) is 20.1. The Labute approximate surface area is 175 Å². The van der Waals surface area contributed by atoms with E-state index in [2.05, 4.69) is 26.6 Å². The van der Waals surface area contributed by atoms with Crippen LogP contribution in [0, 0.1) is 5.92 Å². The molecule has 2 aromatic carbocycles. The fraction of sp³-hybridized carbons (Fsp3) is 0.381. The smallest absolute Gasteiger partial charge is 0.416 e. The molecule has 2 aromatic rings. The van der Waals surface area contributed by atoms with Gasteiger partial charge in [-0.25, -0.2) is 4.79 Å². The monoisotopic (exact) mass is 468 g/mol. The summed E-state index contributed by atoms with van der Waals surface area (Å²) in [7, 11) is 0. The van der Waals surface area contributed by atoms with Crippen LogP contribution in [0.2, 0.25) is 0 Å². The minimum atomic E-state index is -4.47. The molecule has 0 aromatic heterocycles. The lowest BCUT2D eigenvalue weighted by Gasteiger charge is -2.35. The van der Waals surface area contributed by atoms with Gasteiger partial charge < -0.3 is 15.4 Å². The standard InChI is InChI=1S/C21H20BrF3N2O2/c22-16-9-14(21(23,24)25)8-15-18(10-17(13-6-7-13)26-19(15)16)27-20(28)29-11-12-4-2-1-3-5-12/h1-5,8-9,13,17-18,26H,6-7,10-11H2,(H,27,28)/t17-,18-/m0/s1. The highest BCUT2D eigenvalue weighted by Gasteiger charge is 2.40. The minimum Gasteiger partial charge on any atom is -0.445 e. The summed E-state index contributed by atoms with van der Waals surface area (Å²) in [5, 5.41) is 6.14. The number of benzene rings is 2. The highest BCUT2D eigenvalue weighted by molar-refractivity contribution is 9.10. The molecule has 1 heterocycles. The molecule has 2 atom stereocenters. The lowest BCUT2D eigenvalue weighted by atomic mass is 9.89. The van der Waals surface area contributed by atoms with Gasteiger partial charge in [-0.05, 0) is 64.4 Å². The molecular weight excluding hydrogens is 449 g/mol. The molecule has 0 unspecified atom stereocenters. The number of alkyl carbamates (subject to hydrolysis) is 1. The molecule has 29 heavy (non-hydrogen) atoms. The number of carbonyl (C=O) groups excluding carboxylic acids is 1. The molecular formula is C21H20BrF3N2O2. The fourth-order valence-corrected chi connectivity index (χ4v) is 4.29. The number of ether oxygens (including phenoxy) is 1. The van der Waals surface area contributed by atoms with E-state index in [-0.39, 0.29) is 12.6 Å². The molecule has 1 saturated carbocycles. The predicted molar refractivity (Wildman–Crippen MR) is 106 cm³/mol. The molecule has 1 aliphatic carbocycles. The molecule has 1 amide bonds. The van der Waals surface area contributed by atoms with Crippen LogP contribution in [0.4, 0.5) is 23.7 Å². The summed E-state index contributed by atoms with van der Waals surface area (Å²) >= 11 is 3.27. The zero-order chi connectivity index (χ0) is 20.6. The molecule has 1 fully saturated rings. The first-order chi connectivity index (χ1) is 13.8. The van der Waals surface area contributed by atoms with E-state index in [9.17, 15) is 18.0 Å². The number of halogens is 4. The van der Waals surface area contributed by atoms with Crippen LogP contribution in [-0.2, 0) is 17.5 Å². The van der Waals surface area contributed by atoms with Gasteiger partial charge in [-0.2, -0.15) is 13.2 Å². The van der Waals surface area contributed by atoms with E-state index in [0.29, 0.717) is 28.1 Å². The van der Waals surface area contributed by atoms with Gasteiger partial charge in [-0.3, -0.25) is 0 Å². The number of nitrogens with one attached hydrogen (secondary N) is 2. The van der Waals surface area contributed by atoms with Crippen LogP contribution in [0.5, 0.6) is 0 Å². The summed E-state index contributed by atoms with van der Waals surface area (Å²) in [6.45, 7) is 0.100. The van der Waals surface area contributed by atoms with Crippen molar-refractivity contribution in [1.29, 1.82) is 0 Å². The number of anilines is 1. The normalized spacial score (nSPS) is 21.1. The number of hydrogen-bond donors (Lipinski definition) is 2. The first-order valence-corrected chi connectivity index (χ1v) is 10.2. The zero-order valence-electron chi connectivity index (χ0n) is 15.4. The van der Waals surface area contributed by atoms with Crippen molar-refractivity contribution in [2.24, 2.45) is 5.92 Å². The van der Waals surface area contributed by atoms with E-state index in [1.54, 1.807) is 0 Å². The van der Waals surface area contributed by atoms with Crippen LogP contribution in [-0.4, -0.2) is 12.1 Å². The quantitative estimate of drug-likeness (QED) is 0.575. The van der Waals surface area contributed by atoms with Crippen LogP contribution in [0.3, 0.4) is 0 Å². The Morgan fingerprint density at radius 2 is 1.93 bits per heavy atom. The van der Waals surface area contributed by atoms with Gasteiger partial charge >= 0.3 is 12.3 Å². The number of fused-ring (bicyclic) bond motifs is 1. The van der Waals surface area contributed by atoms with E-state index in [4.69, 9.17) is 4.74 Å². The Kier molecular flexibility index (Phi) is 5.46. The van der Waals surface area contributed by atoms with Crippen molar-refractivity contribution in [1.82, 2.24) is 5.32 Å². The lowest BCUT2D eigenvalue weighted by Crippen LogP contribution is -2.39. The van der Waals surface area contributed by atoms with Crippen molar-refractivity contribution < 1.29 is 22.7 Å². The van der Waals surface area contributed by atoms with Crippen molar-refractivity contribution >= 4 is 27.7 Å². The topological polar surface area (TPSA) is 50.4 Å². The molecule has 4 rings (SSSR count). The number of amides is 1. The summed E-state index contributed by atoms with van der Waals surface area (Å²) in [4.78, 5) is 12.4. The average molecular weight is 469 g/mol. The van der Waals surface area contributed by atoms with Crippen molar-refractivity contribution in [3.63, 3.8) is 0 Å². The van der Waals surface area contributed by atoms with Gasteiger partial charge in [0.2, 0.25) is 0 Å². The van der Waals surface area contributed by atoms with Gasteiger partial charge in [0.05, 0.1) is 17.3 Å². The maximum absolute atomic E-state index is 13.3. The van der Waals surface area contributed by atoms with Gasteiger partial charge in [-0.1, -0.05) is 30.3 Å². The van der Waals surface area contributed by atoms with Gasteiger partial charge in [0.15, 0.2) is 0 Å². The van der Waals surface area contributed by atoms with E-state index >= 15 is 0 Å². The van der Waals surface area contributed by atoms with Crippen LogP contribution >= 0.6 is 15.9 Å². The molecule has 4 nitrogen and oxygen atoms in total. The second kappa shape index (κ2) is 7.89. The molecule has 0 bridgehead atoms. The number of carbonyl (C=O) groups is 1.